The molecule has 2 amide bonds. The second-order valence-corrected chi connectivity index (χ2v) is 2.17. The van der Waals surface area contributed by atoms with Gasteiger partial charge in [-0.3, -0.25) is 19.3 Å². The Kier molecular flexibility index (Phi) is 2.23. The van der Waals surface area contributed by atoms with E-state index in [0.29, 0.717) is 0 Å². The highest BCUT2D eigenvalue weighted by Gasteiger charge is 2.25. The minimum absolute atomic E-state index is 0.318. The van der Waals surface area contributed by atoms with Gasteiger partial charge in [0.2, 0.25) is 0 Å². The Balaban J connectivity index is 2.59. The molecular formula is C7H7NO4. The number of nitrogens with zero attached hydrogens (tertiary/aromatic N) is 1. The van der Waals surface area contributed by atoms with Gasteiger partial charge < -0.3 is 4.74 Å². The number of ether oxygens (including phenoxy) is 1. The number of carbonyl (C=O) groups excluding carboxylic acids is 3. The van der Waals surface area contributed by atoms with E-state index in [2.05, 4.69) is 4.74 Å². The van der Waals surface area contributed by atoms with Crippen LogP contribution in [0, 0.1) is 0 Å². The third-order valence-electron chi connectivity index (χ3n) is 1.42. The molecule has 5 nitrogen and oxygen atoms in total. The molecule has 12 heavy (non-hydrogen) atoms. The predicted octanol–water partition coefficient (Wildman–Crippen LogP) is -0.916. The molecule has 0 radical (unpaired) electrons. The summed E-state index contributed by atoms with van der Waals surface area (Å²) >= 11 is 0. The van der Waals surface area contributed by atoms with Crippen LogP contribution in [0.4, 0.5) is 0 Å². The van der Waals surface area contributed by atoms with Crippen LogP contribution in [-0.4, -0.2) is 36.3 Å². The van der Waals surface area contributed by atoms with E-state index in [1.54, 1.807) is 0 Å². The molecule has 0 N–H and O–H groups in total. The first-order valence-corrected chi connectivity index (χ1v) is 3.25. The number of methoxy groups -OCH3 is 1. The maximum Gasteiger partial charge on any atom is 0.325 e. The lowest BCUT2D eigenvalue weighted by Gasteiger charge is -2.10. The minimum atomic E-state index is -0.611. The van der Waals surface area contributed by atoms with Gasteiger partial charge in [-0.25, -0.2) is 0 Å². The summed E-state index contributed by atoms with van der Waals surface area (Å²) in [6, 6.07) is 0. The van der Waals surface area contributed by atoms with Crippen molar-refractivity contribution in [3.63, 3.8) is 0 Å². The van der Waals surface area contributed by atoms with Crippen molar-refractivity contribution >= 4 is 17.8 Å². The minimum Gasteiger partial charge on any atom is -0.468 e. The van der Waals surface area contributed by atoms with Crippen LogP contribution in [-0.2, 0) is 19.1 Å². The molecule has 0 aromatic heterocycles. The summed E-state index contributed by atoms with van der Waals surface area (Å²) in [4.78, 5) is 33.2. The van der Waals surface area contributed by atoms with Crippen LogP contribution in [0.25, 0.3) is 0 Å². The molecule has 0 aromatic carbocycles. The molecule has 5 heteroatoms. The van der Waals surface area contributed by atoms with Crippen molar-refractivity contribution in [2.45, 2.75) is 0 Å². The molecule has 1 aliphatic rings. The van der Waals surface area contributed by atoms with Gasteiger partial charge in [-0.05, 0) is 0 Å². The van der Waals surface area contributed by atoms with E-state index in [4.69, 9.17) is 0 Å². The SMILES string of the molecule is COC(=O)CN1C(=O)C=CC1=O. The molecule has 0 atom stereocenters. The normalized spacial score (nSPS) is 15.6. The van der Waals surface area contributed by atoms with E-state index in [1.165, 1.54) is 7.11 Å². The maximum absolute atomic E-state index is 10.8. The summed E-state index contributed by atoms with van der Waals surface area (Å²) in [5.74, 6) is -1.57. The van der Waals surface area contributed by atoms with Gasteiger partial charge in [-0.2, -0.15) is 0 Å². The Bertz CT molecular complexity index is 251. The molecule has 0 bridgehead atoms. The number of hydrogen-bond acceptors (Lipinski definition) is 4. The number of rotatable bonds is 2. The lowest BCUT2D eigenvalue weighted by Crippen LogP contribution is -2.35. The van der Waals surface area contributed by atoms with Gasteiger partial charge in [0.15, 0.2) is 0 Å². The van der Waals surface area contributed by atoms with Crippen molar-refractivity contribution in [2.75, 3.05) is 13.7 Å². The van der Waals surface area contributed by atoms with E-state index in [1.807, 2.05) is 0 Å². The summed E-state index contributed by atoms with van der Waals surface area (Å²) in [5, 5.41) is 0. The number of hydrogen-bond donors (Lipinski definition) is 0. The van der Waals surface area contributed by atoms with Gasteiger partial charge in [0.05, 0.1) is 7.11 Å². The van der Waals surface area contributed by atoms with Gasteiger partial charge >= 0.3 is 5.97 Å². The highest BCUT2D eigenvalue weighted by atomic mass is 16.5. The second kappa shape index (κ2) is 3.17. The molecule has 0 spiro atoms. The van der Waals surface area contributed by atoms with E-state index in [-0.39, 0.29) is 6.54 Å². The van der Waals surface area contributed by atoms with Crippen LogP contribution in [0.1, 0.15) is 0 Å². The predicted molar refractivity (Wildman–Crippen MR) is 37.9 cm³/mol. The van der Waals surface area contributed by atoms with Crippen molar-refractivity contribution < 1.29 is 19.1 Å². The van der Waals surface area contributed by atoms with Crippen LogP contribution >= 0.6 is 0 Å². The van der Waals surface area contributed by atoms with E-state index in [0.717, 1.165) is 17.1 Å². The molecule has 0 fully saturated rings. The van der Waals surface area contributed by atoms with Crippen molar-refractivity contribution in [2.24, 2.45) is 0 Å². The molecule has 0 unspecified atom stereocenters. The number of amides is 2. The van der Waals surface area contributed by atoms with Crippen LogP contribution in [0.3, 0.4) is 0 Å². The topological polar surface area (TPSA) is 63.7 Å². The lowest BCUT2D eigenvalue weighted by atomic mass is 10.5. The van der Waals surface area contributed by atoms with E-state index >= 15 is 0 Å². The van der Waals surface area contributed by atoms with Crippen LogP contribution < -0.4 is 0 Å². The van der Waals surface area contributed by atoms with Crippen molar-refractivity contribution in [3.8, 4) is 0 Å². The quantitative estimate of drug-likeness (QED) is 0.396. The monoisotopic (exact) mass is 169 g/mol. The third kappa shape index (κ3) is 1.50. The molecule has 0 aliphatic carbocycles. The first kappa shape index (κ1) is 8.45. The molecule has 1 heterocycles. The number of carbonyl (C=O) groups is 3. The third-order valence-corrected chi connectivity index (χ3v) is 1.42. The molecule has 0 aromatic rings. The zero-order valence-electron chi connectivity index (χ0n) is 6.44. The van der Waals surface area contributed by atoms with Gasteiger partial charge in [-0.1, -0.05) is 0 Å². The molecule has 1 rings (SSSR count). The van der Waals surface area contributed by atoms with Crippen molar-refractivity contribution in [1.82, 2.24) is 4.90 Å². The number of esters is 1. The molecule has 1 aliphatic heterocycles. The summed E-state index contributed by atoms with van der Waals surface area (Å²) in [7, 11) is 1.20. The fraction of sp³-hybridized carbons (Fsp3) is 0.286. The number of imide groups is 1. The molecule has 64 valence electrons. The van der Waals surface area contributed by atoms with Crippen LogP contribution in [0.5, 0.6) is 0 Å². The average molecular weight is 169 g/mol. The molecule has 0 saturated carbocycles. The first-order chi connectivity index (χ1) is 5.65. The van der Waals surface area contributed by atoms with E-state index < -0.39 is 17.8 Å². The highest BCUT2D eigenvalue weighted by Crippen LogP contribution is 2.02. The summed E-state index contributed by atoms with van der Waals surface area (Å²) < 4.78 is 4.30. The summed E-state index contributed by atoms with van der Waals surface area (Å²) in [5.41, 5.74) is 0. The Hall–Kier alpha value is -1.65. The first-order valence-electron chi connectivity index (χ1n) is 3.25. The van der Waals surface area contributed by atoms with Crippen molar-refractivity contribution in [3.05, 3.63) is 12.2 Å². The van der Waals surface area contributed by atoms with Crippen LogP contribution in [0.2, 0.25) is 0 Å². The zero-order valence-corrected chi connectivity index (χ0v) is 6.44. The van der Waals surface area contributed by atoms with Gasteiger partial charge in [-0.15, -0.1) is 0 Å². The summed E-state index contributed by atoms with van der Waals surface area (Å²) in [6.07, 6.45) is 2.23. The van der Waals surface area contributed by atoms with Gasteiger partial charge in [0.1, 0.15) is 6.54 Å². The zero-order chi connectivity index (χ0) is 9.14. The fourth-order valence-electron chi connectivity index (χ4n) is 0.781. The van der Waals surface area contributed by atoms with Crippen LogP contribution in [0.15, 0.2) is 12.2 Å². The van der Waals surface area contributed by atoms with E-state index in [9.17, 15) is 14.4 Å². The standard InChI is InChI=1S/C7H7NO4/c1-12-7(11)4-8-5(9)2-3-6(8)10/h2-3H,4H2,1H3. The lowest BCUT2D eigenvalue weighted by molar-refractivity contribution is -0.149. The Morgan fingerprint density at radius 1 is 1.42 bits per heavy atom. The largest absolute Gasteiger partial charge is 0.468 e. The highest BCUT2D eigenvalue weighted by molar-refractivity contribution is 6.14. The second-order valence-electron chi connectivity index (χ2n) is 2.17. The average Bonchev–Trinajstić information content (AvgIpc) is 2.35. The molecular weight excluding hydrogens is 162 g/mol. The molecule has 0 saturated heterocycles. The summed E-state index contributed by atoms with van der Waals surface area (Å²) in [6.45, 7) is -0.318. The maximum atomic E-state index is 10.8. The fourth-order valence-corrected chi connectivity index (χ4v) is 0.781. The van der Waals surface area contributed by atoms with Gasteiger partial charge in [0.25, 0.3) is 11.8 Å². The Morgan fingerprint density at radius 2 is 1.92 bits per heavy atom. The Labute approximate surface area is 68.6 Å². The Morgan fingerprint density at radius 3 is 2.33 bits per heavy atom. The smallest absolute Gasteiger partial charge is 0.325 e. The van der Waals surface area contributed by atoms with Gasteiger partial charge in [0, 0.05) is 12.2 Å². The van der Waals surface area contributed by atoms with Crippen molar-refractivity contribution in [1.29, 1.82) is 0 Å².